The molecule has 5 N–H and O–H groups in total. The van der Waals surface area contributed by atoms with Gasteiger partial charge in [0.1, 0.15) is 5.69 Å². The summed E-state index contributed by atoms with van der Waals surface area (Å²) in [4.78, 5) is 12.5. The lowest BCUT2D eigenvalue weighted by Crippen LogP contribution is -2.25. The summed E-state index contributed by atoms with van der Waals surface area (Å²) in [5.41, 5.74) is 2.24. The normalized spacial score (nSPS) is 10.9. The van der Waals surface area contributed by atoms with Crippen molar-refractivity contribution < 1.29 is 18.0 Å². The number of nitrogens with one attached hydrogen (secondary N) is 1. The van der Waals surface area contributed by atoms with Gasteiger partial charge in [0.2, 0.25) is 6.41 Å². The Morgan fingerprint density at radius 3 is 2.35 bits per heavy atom. The molecule has 26 heavy (non-hydrogen) atoms. The molecule has 0 aliphatic heterocycles. The molecule has 0 saturated carbocycles. The molecule has 0 unspecified atom stereocenters. The molecule has 2 rings (SSSR count). The van der Waals surface area contributed by atoms with Gasteiger partial charge in [0.25, 0.3) is 0 Å². The quantitative estimate of drug-likeness (QED) is 0.324. The molecule has 1 aromatic carbocycles. The van der Waals surface area contributed by atoms with Crippen molar-refractivity contribution in [3.05, 3.63) is 58.4 Å². The van der Waals surface area contributed by atoms with Gasteiger partial charge in [0.05, 0.1) is 11.4 Å². The van der Waals surface area contributed by atoms with E-state index in [1.807, 2.05) is 0 Å². The Morgan fingerprint density at radius 1 is 1.19 bits per heavy atom. The van der Waals surface area contributed by atoms with Crippen LogP contribution >= 0.6 is 11.6 Å². The van der Waals surface area contributed by atoms with Crippen LogP contribution in [0.1, 0.15) is 17.0 Å². The number of amides is 1. The summed E-state index contributed by atoms with van der Waals surface area (Å²) in [5.74, 6) is 10.1. The number of nitrogens with two attached hydrogens (primary N) is 2. The van der Waals surface area contributed by atoms with E-state index in [0.29, 0.717) is 22.7 Å². The second-order valence-electron chi connectivity index (χ2n) is 4.85. The number of benzene rings is 1. The summed E-state index contributed by atoms with van der Waals surface area (Å²) in [6, 6.07) is 8.87. The topological polar surface area (TPSA) is 97.3 Å². The molecule has 1 heterocycles. The molecule has 0 spiro atoms. The summed E-state index contributed by atoms with van der Waals surface area (Å²) in [6.45, 7) is 0. The lowest BCUT2D eigenvalue weighted by molar-refractivity contribution is -0.141. The van der Waals surface area contributed by atoms with E-state index in [4.69, 9.17) is 22.2 Å². The molecule has 0 aliphatic rings. The third-order valence-electron chi connectivity index (χ3n) is 2.96. The fourth-order valence-electron chi connectivity index (χ4n) is 1.87. The van der Waals surface area contributed by atoms with Crippen LogP contribution in [0.2, 0.25) is 5.02 Å². The zero-order valence-corrected chi connectivity index (χ0v) is 14.4. The van der Waals surface area contributed by atoms with Crippen LogP contribution in [0.25, 0.3) is 12.2 Å². The van der Waals surface area contributed by atoms with E-state index in [1.165, 1.54) is 23.2 Å². The minimum Gasteiger partial charge on any atom is -0.313 e. The number of hydrogen-bond acceptors (Lipinski definition) is 5. The number of pyridine rings is 1. The Kier molecular flexibility index (Phi) is 8.04. The smallest absolute Gasteiger partial charge is 0.313 e. The van der Waals surface area contributed by atoms with Crippen molar-refractivity contribution in [2.24, 2.45) is 11.7 Å². The second-order valence-corrected chi connectivity index (χ2v) is 5.25. The van der Waals surface area contributed by atoms with Gasteiger partial charge in [-0.25, -0.2) is 16.7 Å². The molecule has 140 valence electrons. The molecular formula is C16H17ClF3N5O. The van der Waals surface area contributed by atoms with Crippen LogP contribution in [0.15, 0.2) is 36.4 Å². The van der Waals surface area contributed by atoms with Crippen molar-refractivity contribution >= 4 is 35.9 Å². The zero-order valence-electron chi connectivity index (χ0n) is 13.7. The van der Waals surface area contributed by atoms with Gasteiger partial charge in [-0.05, 0) is 36.4 Å². The molecule has 0 atom stereocenters. The number of hydrogen-bond donors (Lipinski definition) is 3. The van der Waals surface area contributed by atoms with E-state index in [2.05, 4.69) is 10.8 Å². The molecule has 0 bridgehead atoms. The lowest BCUT2D eigenvalue weighted by Gasteiger charge is -2.16. The standard InChI is InChI=1S/C15H13ClF3N3.CH4N2O/c1-22(20)13-6-3-5-12(16)11(13)9-8-10-4-2-7-14(21-10)15(17,18)19;2-3-1-4/h2-9H,20H2,1H3;1H,2H2,(H,3,4)/b9-8+;. The highest BCUT2D eigenvalue weighted by Gasteiger charge is 2.32. The van der Waals surface area contributed by atoms with Crippen LogP contribution in [-0.4, -0.2) is 18.4 Å². The summed E-state index contributed by atoms with van der Waals surface area (Å²) < 4.78 is 37.9. The van der Waals surface area contributed by atoms with Crippen LogP contribution in [0, 0.1) is 0 Å². The molecule has 6 nitrogen and oxygen atoms in total. The minimum atomic E-state index is -4.48. The highest BCUT2D eigenvalue weighted by molar-refractivity contribution is 6.32. The predicted octanol–water partition coefficient (Wildman–Crippen LogP) is 2.84. The van der Waals surface area contributed by atoms with Crippen LogP contribution < -0.4 is 22.1 Å². The van der Waals surface area contributed by atoms with Crippen LogP contribution in [-0.2, 0) is 11.0 Å². The van der Waals surface area contributed by atoms with E-state index in [9.17, 15) is 13.2 Å². The maximum atomic E-state index is 12.6. The third kappa shape index (κ3) is 6.36. The molecule has 1 aromatic heterocycles. The average Bonchev–Trinajstić information content (AvgIpc) is 2.60. The molecule has 0 aliphatic carbocycles. The Balaban J connectivity index is 0.000000765. The largest absolute Gasteiger partial charge is 0.433 e. The molecule has 1 amide bonds. The van der Waals surface area contributed by atoms with E-state index in [0.717, 1.165) is 6.07 Å². The Labute approximate surface area is 153 Å². The molecule has 0 radical (unpaired) electrons. The predicted molar refractivity (Wildman–Crippen MR) is 95.6 cm³/mol. The van der Waals surface area contributed by atoms with Gasteiger partial charge < -0.3 is 5.01 Å². The van der Waals surface area contributed by atoms with Gasteiger partial charge in [-0.15, -0.1) is 0 Å². The maximum absolute atomic E-state index is 12.6. The van der Waals surface area contributed by atoms with Crippen molar-refractivity contribution in [1.82, 2.24) is 10.4 Å². The minimum absolute atomic E-state index is 0.181. The first kappa shape index (κ1) is 21.4. The zero-order chi connectivity index (χ0) is 19.7. The number of anilines is 1. The van der Waals surface area contributed by atoms with Gasteiger partial charge in [-0.3, -0.25) is 10.2 Å². The number of rotatable bonds is 4. The van der Waals surface area contributed by atoms with Gasteiger partial charge in [-0.1, -0.05) is 23.7 Å². The van der Waals surface area contributed by atoms with Gasteiger partial charge >= 0.3 is 6.18 Å². The van der Waals surface area contributed by atoms with Gasteiger partial charge in [-0.2, -0.15) is 13.2 Å². The third-order valence-corrected chi connectivity index (χ3v) is 3.29. The SMILES string of the molecule is CN(N)c1cccc(Cl)c1/C=C/c1cccc(C(F)(F)F)n1.NNC=O. The summed E-state index contributed by atoms with van der Waals surface area (Å²) >= 11 is 6.11. The van der Waals surface area contributed by atoms with Crippen LogP contribution in [0.3, 0.4) is 0 Å². The molecule has 0 saturated heterocycles. The number of hydrazine groups is 2. The highest BCUT2D eigenvalue weighted by Crippen LogP contribution is 2.29. The number of carbonyl (C=O) groups is 1. The number of nitrogens with zero attached hydrogens (tertiary/aromatic N) is 2. The molecule has 10 heteroatoms. The first-order valence-corrected chi connectivity index (χ1v) is 7.47. The van der Waals surface area contributed by atoms with E-state index < -0.39 is 11.9 Å². The monoisotopic (exact) mass is 387 g/mol. The number of halogens is 4. The molecule has 0 fully saturated rings. The summed E-state index contributed by atoms with van der Waals surface area (Å²) in [6.07, 6.45) is -1.02. The second kappa shape index (κ2) is 9.76. The number of aromatic nitrogens is 1. The van der Waals surface area contributed by atoms with Crippen molar-refractivity contribution in [3.8, 4) is 0 Å². The van der Waals surface area contributed by atoms with Crippen molar-refractivity contribution in [2.45, 2.75) is 6.18 Å². The molecular weight excluding hydrogens is 371 g/mol. The lowest BCUT2D eigenvalue weighted by atomic mass is 10.1. The maximum Gasteiger partial charge on any atom is 0.433 e. The first-order chi connectivity index (χ1) is 12.2. The Bertz CT molecular complexity index is 766. The van der Waals surface area contributed by atoms with Crippen LogP contribution in [0.4, 0.5) is 18.9 Å². The van der Waals surface area contributed by atoms with Gasteiger partial charge in [0.15, 0.2) is 0 Å². The average molecular weight is 388 g/mol. The van der Waals surface area contributed by atoms with E-state index >= 15 is 0 Å². The summed E-state index contributed by atoms with van der Waals surface area (Å²) in [7, 11) is 1.64. The first-order valence-electron chi connectivity index (χ1n) is 7.09. The van der Waals surface area contributed by atoms with E-state index in [-0.39, 0.29) is 5.69 Å². The Morgan fingerprint density at radius 2 is 1.81 bits per heavy atom. The van der Waals surface area contributed by atoms with Crippen LogP contribution in [0.5, 0.6) is 0 Å². The van der Waals surface area contributed by atoms with Crippen molar-refractivity contribution in [2.75, 3.05) is 12.1 Å². The molecule has 2 aromatic rings. The highest BCUT2D eigenvalue weighted by atomic mass is 35.5. The fourth-order valence-corrected chi connectivity index (χ4v) is 2.10. The number of carbonyl (C=O) groups excluding carboxylic acids is 1. The van der Waals surface area contributed by atoms with E-state index in [1.54, 1.807) is 36.7 Å². The van der Waals surface area contributed by atoms with Gasteiger partial charge in [0, 0.05) is 17.6 Å². The fraction of sp³-hybridized carbons (Fsp3) is 0.125. The van der Waals surface area contributed by atoms with Crippen molar-refractivity contribution in [1.29, 1.82) is 0 Å². The Hall–Kier alpha value is -2.62. The number of alkyl halides is 3. The van der Waals surface area contributed by atoms with Crippen molar-refractivity contribution in [3.63, 3.8) is 0 Å². The summed E-state index contributed by atoms with van der Waals surface area (Å²) in [5, 5.41) is 1.82.